The van der Waals surface area contributed by atoms with Gasteiger partial charge in [0.15, 0.2) is 0 Å². The molecule has 0 saturated heterocycles. The lowest BCUT2D eigenvalue weighted by atomic mass is 9.87. The van der Waals surface area contributed by atoms with E-state index in [4.69, 9.17) is 5.73 Å². The van der Waals surface area contributed by atoms with Crippen molar-refractivity contribution in [2.75, 3.05) is 0 Å². The van der Waals surface area contributed by atoms with E-state index >= 15 is 0 Å². The Bertz CT molecular complexity index is 559. The van der Waals surface area contributed by atoms with Gasteiger partial charge in [0.1, 0.15) is 5.75 Å². The monoisotopic (exact) mass is 296 g/mol. The van der Waals surface area contributed by atoms with Crippen molar-refractivity contribution in [1.29, 1.82) is 0 Å². The number of amides is 1. The van der Waals surface area contributed by atoms with Gasteiger partial charge in [0.05, 0.1) is 11.6 Å². The molecule has 1 unspecified atom stereocenters. The third-order valence-corrected chi connectivity index (χ3v) is 4.20. The number of nitrogens with two attached hydrogens (primary N) is 1. The van der Waals surface area contributed by atoms with Gasteiger partial charge in [-0.25, -0.2) is 0 Å². The Morgan fingerprint density at radius 2 is 2.19 bits per heavy atom. The maximum atomic E-state index is 12.2. The number of nitrogens with one attached hydrogen (secondary N) is 1. The van der Waals surface area contributed by atoms with Gasteiger partial charge in [0.25, 0.3) is 0 Å². The molecule has 0 aliphatic heterocycles. The topological polar surface area (TPSA) is 64.4 Å². The molecule has 3 rings (SSSR count). The Kier molecular flexibility index (Phi) is 3.57. The Labute approximate surface area is 121 Å². The molecule has 0 heterocycles. The molecule has 0 aromatic heterocycles. The van der Waals surface area contributed by atoms with Crippen molar-refractivity contribution in [3.8, 4) is 5.75 Å². The van der Waals surface area contributed by atoms with Gasteiger partial charge in [-0.05, 0) is 55.4 Å². The Morgan fingerprint density at radius 3 is 2.86 bits per heavy atom. The molecular weight excluding hydrogens is 278 g/mol. The molecule has 1 fully saturated rings. The summed E-state index contributed by atoms with van der Waals surface area (Å²) in [5.74, 6) is 0.0430. The Balaban J connectivity index is 1.76. The van der Waals surface area contributed by atoms with E-state index in [0.29, 0.717) is 0 Å². The average Bonchev–Trinajstić information content (AvgIpc) is 3.17. The Morgan fingerprint density at radius 1 is 1.43 bits per heavy atom. The first-order chi connectivity index (χ1) is 9.98. The highest BCUT2D eigenvalue weighted by Gasteiger charge is 2.46. The lowest BCUT2D eigenvalue weighted by Crippen LogP contribution is -2.44. The van der Waals surface area contributed by atoms with Crippen molar-refractivity contribution < 1.29 is 18.3 Å². The third kappa shape index (κ3) is 3.00. The summed E-state index contributed by atoms with van der Waals surface area (Å²) in [7, 11) is 0. The molecule has 0 spiro atoms. The Hall–Kier alpha value is -1.69. The highest BCUT2D eigenvalue weighted by Crippen LogP contribution is 2.36. The smallest absolute Gasteiger partial charge is 0.387 e. The van der Waals surface area contributed by atoms with E-state index in [0.717, 1.165) is 43.2 Å². The van der Waals surface area contributed by atoms with Gasteiger partial charge in [-0.1, -0.05) is 6.07 Å². The predicted molar refractivity (Wildman–Crippen MR) is 73.0 cm³/mol. The highest BCUT2D eigenvalue weighted by molar-refractivity contribution is 5.89. The first-order valence-electron chi connectivity index (χ1n) is 7.15. The molecule has 1 saturated carbocycles. The fourth-order valence-electron chi connectivity index (χ4n) is 2.78. The largest absolute Gasteiger partial charge is 0.435 e. The summed E-state index contributed by atoms with van der Waals surface area (Å²) in [6, 6.07) is 4.82. The van der Waals surface area contributed by atoms with E-state index in [1.54, 1.807) is 12.1 Å². The minimum absolute atomic E-state index is 0.0946. The standard InChI is InChI=1S/C15H18F2N2O2/c16-14(17)21-10-4-5-11-9(8-10)2-1-3-12(11)19-13(20)15(18)6-7-15/h4-5,8,12,14H,1-3,6-7,18H2,(H,19,20). The number of alkyl halides is 2. The quantitative estimate of drug-likeness (QED) is 0.896. The second-order valence-electron chi connectivity index (χ2n) is 5.81. The second-order valence-corrected chi connectivity index (χ2v) is 5.81. The van der Waals surface area contributed by atoms with E-state index in [-0.39, 0.29) is 17.7 Å². The number of hydrogen-bond acceptors (Lipinski definition) is 3. The molecule has 0 bridgehead atoms. The number of carbonyl (C=O) groups is 1. The normalized spacial score (nSPS) is 22.6. The zero-order valence-electron chi connectivity index (χ0n) is 11.6. The van der Waals surface area contributed by atoms with Gasteiger partial charge in [-0.3, -0.25) is 4.79 Å². The number of carbonyl (C=O) groups excluding carboxylic acids is 1. The second kappa shape index (κ2) is 5.26. The van der Waals surface area contributed by atoms with Crippen LogP contribution in [0.4, 0.5) is 8.78 Å². The molecule has 0 radical (unpaired) electrons. The molecule has 21 heavy (non-hydrogen) atoms. The number of aryl methyl sites for hydroxylation is 1. The fraction of sp³-hybridized carbons (Fsp3) is 0.533. The van der Waals surface area contributed by atoms with Crippen molar-refractivity contribution in [3.63, 3.8) is 0 Å². The van der Waals surface area contributed by atoms with E-state index in [9.17, 15) is 13.6 Å². The number of rotatable bonds is 4. The first-order valence-corrected chi connectivity index (χ1v) is 7.15. The molecule has 4 nitrogen and oxygen atoms in total. The first kappa shape index (κ1) is 14.3. The van der Waals surface area contributed by atoms with Crippen LogP contribution in [0.15, 0.2) is 18.2 Å². The lowest BCUT2D eigenvalue weighted by Gasteiger charge is -2.28. The van der Waals surface area contributed by atoms with Gasteiger partial charge in [-0.15, -0.1) is 0 Å². The van der Waals surface area contributed by atoms with Crippen molar-refractivity contribution in [2.45, 2.75) is 50.3 Å². The van der Waals surface area contributed by atoms with Crippen molar-refractivity contribution in [1.82, 2.24) is 5.32 Å². The minimum atomic E-state index is -2.82. The third-order valence-electron chi connectivity index (χ3n) is 4.20. The van der Waals surface area contributed by atoms with Crippen molar-refractivity contribution in [2.24, 2.45) is 5.73 Å². The lowest BCUT2D eigenvalue weighted by molar-refractivity contribution is -0.124. The van der Waals surface area contributed by atoms with E-state index in [1.807, 2.05) is 0 Å². The maximum Gasteiger partial charge on any atom is 0.387 e. The molecule has 6 heteroatoms. The molecule has 3 N–H and O–H groups in total. The maximum absolute atomic E-state index is 12.2. The summed E-state index contributed by atoms with van der Waals surface area (Å²) < 4.78 is 28.9. The molecule has 2 aliphatic carbocycles. The summed E-state index contributed by atoms with van der Waals surface area (Å²) in [6.07, 6.45) is 3.98. The summed E-state index contributed by atoms with van der Waals surface area (Å²) in [6.45, 7) is -2.82. The number of fused-ring (bicyclic) bond motifs is 1. The van der Waals surface area contributed by atoms with Crippen LogP contribution in [0.1, 0.15) is 42.9 Å². The van der Waals surface area contributed by atoms with Crippen LogP contribution in [0.2, 0.25) is 0 Å². The average molecular weight is 296 g/mol. The van der Waals surface area contributed by atoms with E-state index < -0.39 is 12.2 Å². The minimum Gasteiger partial charge on any atom is -0.435 e. The van der Waals surface area contributed by atoms with Crippen LogP contribution in [0.5, 0.6) is 5.75 Å². The van der Waals surface area contributed by atoms with E-state index in [1.165, 1.54) is 6.07 Å². The van der Waals surface area contributed by atoms with Crippen LogP contribution in [0.3, 0.4) is 0 Å². The highest BCUT2D eigenvalue weighted by atomic mass is 19.3. The molecule has 1 aromatic carbocycles. The fourth-order valence-corrected chi connectivity index (χ4v) is 2.78. The van der Waals surface area contributed by atoms with Crippen molar-refractivity contribution >= 4 is 5.91 Å². The van der Waals surface area contributed by atoms with Crippen LogP contribution in [-0.2, 0) is 11.2 Å². The van der Waals surface area contributed by atoms with Crippen LogP contribution in [-0.4, -0.2) is 18.1 Å². The van der Waals surface area contributed by atoms with Crippen molar-refractivity contribution in [3.05, 3.63) is 29.3 Å². The number of halogens is 2. The van der Waals surface area contributed by atoms with E-state index in [2.05, 4.69) is 10.1 Å². The summed E-state index contributed by atoms with van der Waals surface area (Å²) in [4.78, 5) is 12.1. The van der Waals surface area contributed by atoms with Gasteiger partial charge < -0.3 is 15.8 Å². The van der Waals surface area contributed by atoms with Gasteiger partial charge in [-0.2, -0.15) is 8.78 Å². The van der Waals surface area contributed by atoms with Crippen LogP contribution in [0.25, 0.3) is 0 Å². The summed E-state index contributed by atoms with van der Waals surface area (Å²) >= 11 is 0. The molecule has 1 atom stereocenters. The van der Waals surface area contributed by atoms with Gasteiger partial charge in [0, 0.05) is 0 Å². The molecule has 1 aromatic rings. The zero-order chi connectivity index (χ0) is 15.0. The number of hydrogen-bond donors (Lipinski definition) is 2. The number of benzene rings is 1. The van der Waals surface area contributed by atoms with Gasteiger partial charge in [0.2, 0.25) is 5.91 Å². The SMILES string of the molecule is NC1(C(=O)NC2CCCc3cc(OC(F)F)ccc32)CC1. The summed E-state index contributed by atoms with van der Waals surface area (Å²) in [5.41, 5.74) is 7.12. The van der Waals surface area contributed by atoms with Crippen LogP contribution >= 0.6 is 0 Å². The molecule has 114 valence electrons. The zero-order valence-corrected chi connectivity index (χ0v) is 11.6. The number of ether oxygens (including phenoxy) is 1. The predicted octanol–water partition coefficient (Wildman–Crippen LogP) is 2.27. The van der Waals surface area contributed by atoms with Crippen LogP contribution < -0.4 is 15.8 Å². The molecule has 1 amide bonds. The molecule has 2 aliphatic rings. The van der Waals surface area contributed by atoms with Gasteiger partial charge >= 0.3 is 6.61 Å². The van der Waals surface area contributed by atoms with Crippen LogP contribution in [0, 0.1) is 0 Å². The summed E-state index contributed by atoms with van der Waals surface area (Å²) in [5, 5.41) is 2.98. The molecular formula is C15H18F2N2O2.